The highest BCUT2D eigenvalue weighted by Crippen LogP contribution is 2.21. The van der Waals surface area contributed by atoms with Gasteiger partial charge in [-0.1, -0.05) is 82.7 Å². The number of hydrogen-bond acceptors (Lipinski definition) is 10. The van der Waals surface area contributed by atoms with Gasteiger partial charge in [-0.05, 0) is 68.2 Å². The highest BCUT2D eigenvalue weighted by Gasteiger charge is 2.23. The van der Waals surface area contributed by atoms with Crippen LogP contribution in [0.25, 0.3) is 21.8 Å². The number of thioether (sulfide) groups is 1. The summed E-state index contributed by atoms with van der Waals surface area (Å²) in [5.74, 6) is 0.756. The molecule has 0 spiro atoms. The predicted octanol–water partition coefficient (Wildman–Crippen LogP) is 6.42. The molecule has 0 saturated carbocycles. The topological polar surface area (TPSA) is 144 Å². The molecule has 4 heterocycles. The Hall–Kier alpha value is -6.15. The van der Waals surface area contributed by atoms with Crippen LogP contribution in [-0.4, -0.2) is 69.7 Å². The quantitative estimate of drug-likeness (QED) is 0.109. The van der Waals surface area contributed by atoms with Crippen LogP contribution < -0.4 is 31.8 Å². The van der Waals surface area contributed by atoms with E-state index in [1.807, 2.05) is 41.8 Å². The van der Waals surface area contributed by atoms with Crippen LogP contribution in [0.4, 0.5) is 11.9 Å². The van der Waals surface area contributed by atoms with Gasteiger partial charge in [-0.3, -0.25) is 30.0 Å². The molecule has 0 atom stereocenters. The van der Waals surface area contributed by atoms with Crippen LogP contribution in [0.2, 0.25) is 0 Å². The van der Waals surface area contributed by atoms with Crippen molar-refractivity contribution in [1.82, 2.24) is 19.3 Å². The van der Waals surface area contributed by atoms with Crippen molar-refractivity contribution in [3.8, 4) is 0 Å². The van der Waals surface area contributed by atoms with Crippen LogP contribution in [0.3, 0.4) is 0 Å². The van der Waals surface area contributed by atoms with E-state index in [9.17, 15) is 19.2 Å². The van der Waals surface area contributed by atoms with Crippen LogP contribution in [0.15, 0.2) is 132 Å². The van der Waals surface area contributed by atoms with Gasteiger partial charge in [0.2, 0.25) is 17.8 Å². The molecule has 294 valence electrons. The second-order valence-corrected chi connectivity index (χ2v) is 13.2. The summed E-state index contributed by atoms with van der Waals surface area (Å²) in [6.45, 7) is 21.5. The molecular formula is C42H50N8O5S. The molecule has 2 N–H and O–H groups in total. The number of aromatic nitrogens is 4. The molecule has 2 amide bonds. The lowest BCUT2D eigenvalue weighted by atomic mass is 10.2. The number of benzene rings is 2. The van der Waals surface area contributed by atoms with Gasteiger partial charge in [0.25, 0.3) is 17.0 Å². The van der Waals surface area contributed by atoms with Crippen LogP contribution in [0, 0.1) is 0 Å². The lowest BCUT2D eigenvalue weighted by Gasteiger charge is -2.22. The zero-order valence-corrected chi connectivity index (χ0v) is 32.9. The fourth-order valence-electron chi connectivity index (χ4n) is 5.90. The van der Waals surface area contributed by atoms with E-state index in [2.05, 4.69) is 47.1 Å². The molecule has 14 heteroatoms. The Kier molecular flexibility index (Phi) is 16.5. The number of allylic oxidation sites excluding steroid dienone is 6. The molecular weight excluding hydrogens is 729 g/mol. The number of carbonyl (C=O) groups is 2. The standard InChI is InChI=1S/C20H22N4O3.C20H22N4O2S.C2H6/c2*1-3-9-15(4-2)27-14-18(25)22-24-19(26)16-10-5-6-11-17(16)21-20(24)23-12-7-8-13-23;1-2/h2*3-6,9-11H,1-2,7-8,12-14H2,(H,22,25);1-2H3/b2*15-9+;. The first kappa shape index (κ1) is 42.6. The minimum Gasteiger partial charge on any atom is -0.484 e. The van der Waals surface area contributed by atoms with E-state index in [-0.39, 0.29) is 29.4 Å². The number of hydrogen-bond donors (Lipinski definition) is 2. The number of amides is 2. The van der Waals surface area contributed by atoms with Crippen LogP contribution in [0.5, 0.6) is 0 Å². The van der Waals surface area contributed by atoms with Gasteiger partial charge in [0, 0.05) is 31.1 Å². The van der Waals surface area contributed by atoms with Crippen molar-refractivity contribution in [3.63, 3.8) is 0 Å². The summed E-state index contributed by atoms with van der Waals surface area (Å²) in [5.41, 5.74) is 5.99. The molecule has 0 aliphatic carbocycles. The molecule has 0 unspecified atom stereocenters. The summed E-state index contributed by atoms with van der Waals surface area (Å²) in [5, 5.41) is 0.923. The monoisotopic (exact) mass is 778 g/mol. The first-order valence-electron chi connectivity index (χ1n) is 18.6. The fraction of sp³-hybridized carbons (Fsp3) is 0.286. The van der Waals surface area contributed by atoms with Gasteiger partial charge in [0.15, 0.2) is 6.61 Å². The van der Waals surface area contributed by atoms with E-state index in [0.29, 0.717) is 39.5 Å². The molecule has 56 heavy (non-hydrogen) atoms. The van der Waals surface area contributed by atoms with E-state index in [4.69, 9.17) is 4.74 Å². The normalized spacial score (nSPS) is 13.9. The summed E-state index contributed by atoms with van der Waals surface area (Å²) >= 11 is 1.33. The van der Waals surface area contributed by atoms with Gasteiger partial charge in [-0.15, -0.1) is 11.8 Å². The number of nitrogens with one attached hydrogen (secondary N) is 2. The molecule has 6 rings (SSSR count). The Bertz CT molecular complexity index is 2070. The van der Waals surface area contributed by atoms with E-state index in [0.717, 1.165) is 56.8 Å². The minimum atomic E-state index is -0.466. The van der Waals surface area contributed by atoms with Crippen molar-refractivity contribution < 1.29 is 14.3 Å². The van der Waals surface area contributed by atoms with E-state index >= 15 is 0 Å². The minimum absolute atomic E-state index is 0.157. The first-order valence-corrected chi connectivity index (χ1v) is 19.6. The highest BCUT2D eigenvalue weighted by molar-refractivity contribution is 8.03. The molecule has 2 fully saturated rings. The third kappa shape index (κ3) is 11.0. The summed E-state index contributed by atoms with van der Waals surface area (Å²) in [6, 6.07) is 14.3. The van der Waals surface area contributed by atoms with E-state index < -0.39 is 5.91 Å². The number of anilines is 2. The maximum absolute atomic E-state index is 13.0. The molecule has 2 aromatic carbocycles. The van der Waals surface area contributed by atoms with Crippen LogP contribution >= 0.6 is 11.8 Å². The number of rotatable bonds is 14. The maximum Gasteiger partial charge on any atom is 0.281 e. The number of nitrogens with zero attached hydrogens (tertiary/aromatic N) is 6. The second kappa shape index (κ2) is 21.7. The fourth-order valence-corrected chi connectivity index (χ4v) is 6.57. The summed E-state index contributed by atoms with van der Waals surface area (Å²) < 4.78 is 7.86. The zero-order valence-electron chi connectivity index (χ0n) is 32.1. The Balaban J connectivity index is 0.000000238. The zero-order chi connectivity index (χ0) is 40.5. The Morgan fingerprint density at radius 2 is 1.18 bits per heavy atom. The number of ether oxygens (including phenoxy) is 1. The van der Waals surface area contributed by atoms with Gasteiger partial charge in [-0.25, -0.2) is 9.97 Å². The van der Waals surface area contributed by atoms with Gasteiger partial charge in [0.05, 0.1) is 27.6 Å². The smallest absolute Gasteiger partial charge is 0.281 e. The van der Waals surface area contributed by atoms with Crippen molar-refractivity contribution in [3.05, 3.63) is 143 Å². The summed E-state index contributed by atoms with van der Waals surface area (Å²) in [4.78, 5) is 64.9. The van der Waals surface area contributed by atoms with Gasteiger partial charge in [0.1, 0.15) is 5.76 Å². The average molecular weight is 779 g/mol. The first-order chi connectivity index (χ1) is 27.3. The van der Waals surface area contributed by atoms with E-state index in [1.54, 1.807) is 54.6 Å². The van der Waals surface area contributed by atoms with Crippen LogP contribution in [0.1, 0.15) is 39.5 Å². The highest BCUT2D eigenvalue weighted by atomic mass is 32.2. The molecule has 2 aromatic heterocycles. The maximum atomic E-state index is 13.0. The number of carbonyl (C=O) groups excluding carboxylic acids is 2. The Morgan fingerprint density at radius 3 is 1.62 bits per heavy atom. The van der Waals surface area contributed by atoms with Crippen molar-refractivity contribution in [2.75, 3.05) is 59.2 Å². The van der Waals surface area contributed by atoms with Crippen LogP contribution in [-0.2, 0) is 14.3 Å². The number of para-hydroxylation sites is 2. The third-order valence-corrected chi connectivity index (χ3v) is 9.52. The van der Waals surface area contributed by atoms with Crippen molar-refractivity contribution >= 4 is 57.3 Å². The van der Waals surface area contributed by atoms with E-state index in [1.165, 1.54) is 33.3 Å². The Labute approximate surface area is 331 Å². The van der Waals surface area contributed by atoms with Gasteiger partial charge in [-0.2, -0.15) is 9.35 Å². The summed E-state index contributed by atoms with van der Waals surface area (Å²) in [6.07, 6.45) is 13.8. The van der Waals surface area contributed by atoms with Crippen molar-refractivity contribution in [2.45, 2.75) is 39.5 Å². The predicted molar refractivity (Wildman–Crippen MR) is 230 cm³/mol. The number of fused-ring (bicyclic) bond motifs is 2. The molecule has 2 saturated heterocycles. The largest absolute Gasteiger partial charge is 0.484 e. The van der Waals surface area contributed by atoms with Crippen molar-refractivity contribution in [2.24, 2.45) is 0 Å². The summed E-state index contributed by atoms with van der Waals surface area (Å²) in [7, 11) is 0. The lowest BCUT2D eigenvalue weighted by molar-refractivity contribution is -0.120. The molecule has 13 nitrogen and oxygen atoms in total. The lowest BCUT2D eigenvalue weighted by Crippen LogP contribution is -2.40. The third-order valence-electron chi connectivity index (χ3n) is 8.47. The van der Waals surface area contributed by atoms with Gasteiger partial charge >= 0.3 is 0 Å². The Morgan fingerprint density at radius 1 is 0.714 bits per heavy atom. The molecule has 2 aliphatic rings. The molecule has 4 aromatic rings. The van der Waals surface area contributed by atoms with Gasteiger partial charge < -0.3 is 14.5 Å². The molecule has 2 aliphatic heterocycles. The van der Waals surface area contributed by atoms with Crippen molar-refractivity contribution in [1.29, 1.82) is 0 Å². The second-order valence-electron chi connectivity index (χ2n) is 12.2. The molecule has 0 radical (unpaired) electrons. The SMILES string of the molecule is C=C/C=C(\C=C)OCC(=O)Nn1c(N2CCCC2)nc2ccccc2c1=O.C=C/C=C(\C=C)SCC(=O)Nn1c(N2CCCC2)nc2ccccc2c1=O.CC. The molecule has 0 bridgehead atoms. The average Bonchev–Trinajstić information content (AvgIpc) is 3.97.